The number of hydrogen-bond acceptors (Lipinski definition) is 2. The van der Waals surface area contributed by atoms with Gasteiger partial charge in [-0.3, -0.25) is 0 Å². The number of fused-ring (bicyclic) bond motifs is 3. The smallest absolute Gasteiger partial charge is 0.119 e. The highest BCUT2D eigenvalue weighted by Crippen LogP contribution is 2.56. The monoisotopic (exact) mass is 300 g/mol. The Balaban J connectivity index is 2.16. The maximum absolute atomic E-state index is 10.5. The van der Waals surface area contributed by atoms with Gasteiger partial charge in [0, 0.05) is 5.41 Å². The van der Waals surface area contributed by atoms with Crippen LogP contribution in [0.1, 0.15) is 70.1 Å². The fourth-order valence-corrected chi connectivity index (χ4v) is 4.67. The van der Waals surface area contributed by atoms with E-state index in [4.69, 9.17) is 0 Å². The molecule has 0 saturated heterocycles. The number of aliphatic hydroxyl groups excluding tert-OH is 1. The molecule has 2 aliphatic carbocycles. The maximum Gasteiger partial charge on any atom is 0.119 e. The molecule has 0 bridgehead atoms. The van der Waals surface area contributed by atoms with Gasteiger partial charge in [0.15, 0.2) is 0 Å². The van der Waals surface area contributed by atoms with Gasteiger partial charge in [0.25, 0.3) is 0 Å². The summed E-state index contributed by atoms with van der Waals surface area (Å²) in [6, 6.07) is 4.13. The van der Waals surface area contributed by atoms with Crippen molar-refractivity contribution in [1.29, 1.82) is 0 Å². The first kappa shape index (κ1) is 15.6. The molecule has 120 valence electrons. The van der Waals surface area contributed by atoms with Gasteiger partial charge in [0.05, 0.1) is 6.10 Å². The maximum atomic E-state index is 10.5. The lowest BCUT2D eigenvalue weighted by atomic mass is 9.51. The second-order valence-corrected chi connectivity index (χ2v) is 8.28. The van der Waals surface area contributed by atoms with Gasteiger partial charge in [0.1, 0.15) is 5.75 Å². The number of aromatic hydroxyl groups is 1. The SMILES string of the molecule is CC(C)c1cc2c(cc1O)[C@@]1(C)CC[C@H](O)C(C)(C)C1C=C2. The lowest BCUT2D eigenvalue weighted by Crippen LogP contribution is -2.52. The number of phenols is 1. The van der Waals surface area contributed by atoms with Gasteiger partial charge in [-0.2, -0.15) is 0 Å². The highest BCUT2D eigenvalue weighted by atomic mass is 16.3. The summed E-state index contributed by atoms with van der Waals surface area (Å²) in [7, 11) is 0. The number of allylic oxidation sites excluding steroid dienone is 1. The van der Waals surface area contributed by atoms with Gasteiger partial charge in [-0.25, -0.2) is 0 Å². The van der Waals surface area contributed by atoms with E-state index in [0.717, 1.165) is 18.4 Å². The van der Waals surface area contributed by atoms with Gasteiger partial charge in [-0.15, -0.1) is 0 Å². The van der Waals surface area contributed by atoms with Gasteiger partial charge in [-0.1, -0.05) is 46.8 Å². The third-order valence-corrected chi connectivity index (χ3v) is 6.19. The Kier molecular flexibility index (Phi) is 3.45. The molecule has 0 radical (unpaired) electrons. The minimum atomic E-state index is -0.264. The molecular formula is C20H28O2. The lowest BCUT2D eigenvalue weighted by Gasteiger charge is -2.54. The Bertz CT molecular complexity index is 627. The summed E-state index contributed by atoms with van der Waals surface area (Å²) in [4.78, 5) is 0. The first-order chi connectivity index (χ1) is 10.2. The van der Waals surface area contributed by atoms with Gasteiger partial charge < -0.3 is 10.2 Å². The molecule has 2 nitrogen and oxygen atoms in total. The third-order valence-electron chi connectivity index (χ3n) is 6.19. The van der Waals surface area contributed by atoms with E-state index in [0.29, 0.717) is 17.6 Å². The van der Waals surface area contributed by atoms with E-state index < -0.39 is 0 Å². The van der Waals surface area contributed by atoms with Crippen LogP contribution in [0.5, 0.6) is 5.75 Å². The number of aliphatic hydroxyl groups is 1. The Morgan fingerprint density at radius 3 is 2.50 bits per heavy atom. The molecule has 1 fully saturated rings. The Labute approximate surface area is 133 Å². The summed E-state index contributed by atoms with van der Waals surface area (Å²) in [5.41, 5.74) is 3.32. The standard InChI is InChI=1S/C20H28O2/c1-12(2)14-10-13-6-7-17-19(3,4)18(22)8-9-20(17,5)15(13)11-16(14)21/h6-7,10-12,17-18,21-22H,8-9H2,1-5H3/t17?,18-,20+/m0/s1. The highest BCUT2D eigenvalue weighted by Gasteiger charge is 2.52. The predicted octanol–water partition coefficient (Wildman–Crippen LogP) is 4.60. The molecule has 2 heteroatoms. The van der Waals surface area contributed by atoms with E-state index in [1.807, 2.05) is 6.07 Å². The first-order valence-electron chi connectivity index (χ1n) is 8.41. The van der Waals surface area contributed by atoms with E-state index >= 15 is 0 Å². The molecule has 2 N–H and O–H groups in total. The zero-order valence-electron chi connectivity index (χ0n) is 14.4. The Hall–Kier alpha value is -1.28. The van der Waals surface area contributed by atoms with Crippen molar-refractivity contribution in [2.45, 2.75) is 64.9 Å². The second-order valence-electron chi connectivity index (χ2n) is 8.28. The third kappa shape index (κ3) is 2.04. The van der Waals surface area contributed by atoms with Crippen LogP contribution in [0.3, 0.4) is 0 Å². The van der Waals surface area contributed by atoms with E-state index in [2.05, 4.69) is 52.8 Å². The van der Waals surface area contributed by atoms with E-state index in [9.17, 15) is 10.2 Å². The molecule has 2 aliphatic rings. The second kappa shape index (κ2) is 4.86. The summed E-state index contributed by atoms with van der Waals surface area (Å²) >= 11 is 0. The predicted molar refractivity (Wildman–Crippen MR) is 91.1 cm³/mol. The van der Waals surface area contributed by atoms with Crippen LogP contribution in [0.2, 0.25) is 0 Å². The van der Waals surface area contributed by atoms with Crippen molar-refractivity contribution in [3.8, 4) is 5.75 Å². The van der Waals surface area contributed by atoms with Gasteiger partial charge >= 0.3 is 0 Å². The molecule has 22 heavy (non-hydrogen) atoms. The number of phenolic OH excluding ortho intramolecular Hbond substituents is 1. The van der Waals surface area contributed by atoms with Crippen LogP contribution in [0, 0.1) is 11.3 Å². The quantitative estimate of drug-likeness (QED) is 0.796. The molecule has 0 aromatic heterocycles. The van der Waals surface area contributed by atoms with Crippen LogP contribution in [0.25, 0.3) is 6.08 Å². The summed E-state index contributed by atoms with van der Waals surface area (Å²) in [5, 5.41) is 20.9. The first-order valence-corrected chi connectivity index (χ1v) is 8.41. The molecular weight excluding hydrogens is 272 g/mol. The van der Waals surface area contributed by atoms with E-state index in [1.165, 1.54) is 11.1 Å². The molecule has 3 atom stereocenters. The molecule has 1 unspecified atom stereocenters. The summed E-state index contributed by atoms with van der Waals surface area (Å²) < 4.78 is 0. The number of rotatable bonds is 1. The fourth-order valence-electron chi connectivity index (χ4n) is 4.67. The van der Waals surface area contributed by atoms with Crippen molar-refractivity contribution in [2.24, 2.45) is 11.3 Å². The number of benzene rings is 1. The van der Waals surface area contributed by atoms with Crippen LogP contribution in [0.4, 0.5) is 0 Å². The molecule has 1 aromatic carbocycles. The zero-order chi connectivity index (χ0) is 16.3. The average molecular weight is 300 g/mol. The minimum absolute atomic E-state index is 0.0141. The molecule has 0 spiro atoms. The molecule has 0 heterocycles. The molecule has 3 rings (SSSR count). The highest BCUT2D eigenvalue weighted by molar-refractivity contribution is 5.64. The Morgan fingerprint density at radius 1 is 1.18 bits per heavy atom. The van der Waals surface area contributed by atoms with Crippen molar-refractivity contribution in [1.82, 2.24) is 0 Å². The van der Waals surface area contributed by atoms with Crippen molar-refractivity contribution < 1.29 is 10.2 Å². The van der Waals surface area contributed by atoms with Crippen molar-refractivity contribution in [3.63, 3.8) is 0 Å². The van der Waals surface area contributed by atoms with Crippen LogP contribution in [-0.4, -0.2) is 16.3 Å². The molecule has 0 amide bonds. The van der Waals surface area contributed by atoms with E-state index in [1.54, 1.807) is 0 Å². The van der Waals surface area contributed by atoms with Crippen LogP contribution in [-0.2, 0) is 5.41 Å². The van der Waals surface area contributed by atoms with Gasteiger partial charge in [-0.05, 0) is 58.9 Å². The van der Waals surface area contributed by atoms with Crippen molar-refractivity contribution in [2.75, 3.05) is 0 Å². The number of hydrogen-bond donors (Lipinski definition) is 2. The minimum Gasteiger partial charge on any atom is -0.508 e. The summed E-state index contributed by atoms with van der Waals surface area (Å²) in [5.74, 6) is 1.02. The van der Waals surface area contributed by atoms with Crippen molar-refractivity contribution in [3.05, 3.63) is 34.9 Å². The lowest BCUT2D eigenvalue weighted by molar-refractivity contribution is -0.0482. The molecule has 1 saturated carbocycles. The fraction of sp³-hybridized carbons (Fsp3) is 0.600. The average Bonchev–Trinajstić information content (AvgIpc) is 2.43. The van der Waals surface area contributed by atoms with Crippen molar-refractivity contribution >= 4 is 6.08 Å². The zero-order valence-corrected chi connectivity index (χ0v) is 14.4. The summed E-state index contributed by atoms with van der Waals surface area (Å²) in [6.45, 7) is 10.8. The summed E-state index contributed by atoms with van der Waals surface area (Å²) in [6.07, 6.45) is 5.99. The molecule has 1 aromatic rings. The molecule has 0 aliphatic heterocycles. The van der Waals surface area contributed by atoms with Crippen LogP contribution in [0.15, 0.2) is 18.2 Å². The van der Waals surface area contributed by atoms with Gasteiger partial charge in [0.2, 0.25) is 0 Å². The van der Waals surface area contributed by atoms with E-state index in [-0.39, 0.29) is 16.9 Å². The largest absolute Gasteiger partial charge is 0.508 e. The Morgan fingerprint density at radius 2 is 1.86 bits per heavy atom. The van der Waals surface area contributed by atoms with Crippen LogP contribution < -0.4 is 0 Å². The van der Waals surface area contributed by atoms with Crippen LogP contribution >= 0.6 is 0 Å². The normalized spacial score (nSPS) is 32.7. The topological polar surface area (TPSA) is 40.5 Å².